The first-order valence-corrected chi connectivity index (χ1v) is 6.46. The number of rotatable bonds is 3. The van der Waals surface area contributed by atoms with Gasteiger partial charge in [0, 0.05) is 26.2 Å². The van der Waals surface area contributed by atoms with E-state index in [4.69, 9.17) is 5.73 Å². The van der Waals surface area contributed by atoms with Gasteiger partial charge in [-0.1, -0.05) is 18.2 Å². The summed E-state index contributed by atoms with van der Waals surface area (Å²) in [5.41, 5.74) is 9.32. The molecule has 0 saturated carbocycles. The van der Waals surface area contributed by atoms with Crippen molar-refractivity contribution in [3.8, 4) is 0 Å². The standard InChI is InChI=1S/C14H21N3O/c1-11-7-12(8-15)3-4-13(11)9-17-6-2-5-16-14(18)10-17/h3-4,7H,2,5-6,8-10,15H2,1H3,(H,16,18). The summed E-state index contributed by atoms with van der Waals surface area (Å²) in [4.78, 5) is 13.7. The van der Waals surface area contributed by atoms with Crippen molar-refractivity contribution in [2.75, 3.05) is 19.6 Å². The lowest BCUT2D eigenvalue weighted by Gasteiger charge is -2.20. The van der Waals surface area contributed by atoms with Gasteiger partial charge in [-0.15, -0.1) is 0 Å². The van der Waals surface area contributed by atoms with Crippen LogP contribution in [-0.2, 0) is 17.9 Å². The lowest BCUT2D eigenvalue weighted by molar-refractivity contribution is -0.121. The van der Waals surface area contributed by atoms with Crippen molar-refractivity contribution >= 4 is 5.91 Å². The molecule has 3 N–H and O–H groups in total. The number of benzene rings is 1. The first kappa shape index (κ1) is 13.1. The van der Waals surface area contributed by atoms with Crippen LogP contribution in [0.25, 0.3) is 0 Å². The Balaban J connectivity index is 2.06. The minimum atomic E-state index is 0.128. The van der Waals surface area contributed by atoms with Crippen molar-refractivity contribution in [1.82, 2.24) is 10.2 Å². The minimum absolute atomic E-state index is 0.128. The molecule has 0 bridgehead atoms. The normalized spacial score (nSPS) is 17.3. The van der Waals surface area contributed by atoms with Gasteiger partial charge in [0.05, 0.1) is 6.54 Å². The molecule has 0 aromatic heterocycles. The Kier molecular flexibility index (Phi) is 4.33. The fourth-order valence-electron chi connectivity index (χ4n) is 2.31. The molecule has 4 nitrogen and oxygen atoms in total. The highest BCUT2D eigenvalue weighted by Crippen LogP contribution is 2.14. The van der Waals surface area contributed by atoms with Gasteiger partial charge in [0.1, 0.15) is 0 Å². The Morgan fingerprint density at radius 2 is 2.28 bits per heavy atom. The molecule has 1 aromatic carbocycles. The topological polar surface area (TPSA) is 58.4 Å². The molecule has 4 heteroatoms. The average Bonchev–Trinajstić information content (AvgIpc) is 2.56. The maximum Gasteiger partial charge on any atom is 0.234 e. The zero-order chi connectivity index (χ0) is 13.0. The summed E-state index contributed by atoms with van der Waals surface area (Å²) >= 11 is 0. The first-order valence-electron chi connectivity index (χ1n) is 6.46. The van der Waals surface area contributed by atoms with Gasteiger partial charge in [0.2, 0.25) is 5.91 Å². The summed E-state index contributed by atoms with van der Waals surface area (Å²) in [6.07, 6.45) is 1.02. The largest absolute Gasteiger partial charge is 0.355 e. The summed E-state index contributed by atoms with van der Waals surface area (Å²) in [7, 11) is 0. The lowest BCUT2D eigenvalue weighted by atomic mass is 10.0. The van der Waals surface area contributed by atoms with Crippen LogP contribution in [0.5, 0.6) is 0 Å². The van der Waals surface area contributed by atoms with Crippen LogP contribution < -0.4 is 11.1 Å². The Morgan fingerprint density at radius 3 is 3.00 bits per heavy atom. The number of nitrogens with two attached hydrogens (primary N) is 1. The minimum Gasteiger partial charge on any atom is -0.355 e. The van der Waals surface area contributed by atoms with Gasteiger partial charge < -0.3 is 11.1 Å². The third-order valence-corrected chi connectivity index (χ3v) is 3.38. The third-order valence-electron chi connectivity index (χ3n) is 3.38. The SMILES string of the molecule is Cc1cc(CN)ccc1CN1CCCNC(=O)C1. The number of amides is 1. The second-order valence-corrected chi connectivity index (χ2v) is 4.88. The smallest absolute Gasteiger partial charge is 0.234 e. The van der Waals surface area contributed by atoms with Gasteiger partial charge >= 0.3 is 0 Å². The summed E-state index contributed by atoms with van der Waals surface area (Å²) in [5.74, 6) is 0.128. The van der Waals surface area contributed by atoms with Gasteiger partial charge in [-0.05, 0) is 30.0 Å². The van der Waals surface area contributed by atoms with Gasteiger partial charge in [-0.3, -0.25) is 9.69 Å². The number of carbonyl (C=O) groups excluding carboxylic acids is 1. The van der Waals surface area contributed by atoms with E-state index in [1.165, 1.54) is 11.1 Å². The zero-order valence-corrected chi connectivity index (χ0v) is 10.9. The van der Waals surface area contributed by atoms with E-state index in [0.29, 0.717) is 13.1 Å². The molecule has 2 rings (SSSR count). The maximum absolute atomic E-state index is 11.5. The quantitative estimate of drug-likeness (QED) is 0.829. The van der Waals surface area contributed by atoms with Crippen molar-refractivity contribution in [3.05, 3.63) is 34.9 Å². The molecule has 98 valence electrons. The molecule has 18 heavy (non-hydrogen) atoms. The predicted octanol–water partition coefficient (Wildman–Crippen LogP) is 0.776. The molecule has 1 amide bonds. The molecule has 0 atom stereocenters. The molecule has 1 aromatic rings. The second kappa shape index (κ2) is 5.98. The molecule has 1 heterocycles. The van der Waals surface area contributed by atoms with Crippen LogP contribution in [0, 0.1) is 6.92 Å². The third kappa shape index (κ3) is 3.31. The van der Waals surface area contributed by atoms with Crippen LogP contribution in [0.4, 0.5) is 0 Å². The highest BCUT2D eigenvalue weighted by Gasteiger charge is 2.15. The fraction of sp³-hybridized carbons (Fsp3) is 0.500. The van der Waals surface area contributed by atoms with E-state index in [0.717, 1.165) is 31.6 Å². The van der Waals surface area contributed by atoms with E-state index in [1.807, 2.05) is 0 Å². The fourth-order valence-corrected chi connectivity index (χ4v) is 2.31. The van der Waals surface area contributed by atoms with E-state index < -0.39 is 0 Å². The van der Waals surface area contributed by atoms with Crippen LogP contribution >= 0.6 is 0 Å². The lowest BCUT2D eigenvalue weighted by Crippen LogP contribution is -2.32. The molecule has 1 fully saturated rings. The molecule has 0 unspecified atom stereocenters. The molecule has 0 aliphatic carbocycles. The molecule has 1 aliphatic heterocycles. The Hall–Kier alpha value is -1.39. The molecule has 0 spiro atoms. The average molecular weight is 247 g/mol. The Bertz CT molecular complexity index is 431. The summed E-state index contributed by atoms with van der Waals surface area (Å²) < 4.78 is 0. The monoisotopic (exact) mass is 247 g/mol. The number of hydrogen-bond donors (Lipinski definition) is 2. The summed E-state index contributed by atoms with van der Waals surface area (Å²) in [6, 6.07) is 6.33. The molecular weight excluding hydrogens is 226 g/mol. The van der Waals surface area contributed by atoms with Crippen molar-refractivity contribution in [2.24, 2.45) is 5.73 Å². The van der Waals surface area contributed by atoms with E-state index in [9.17, 15) is 4.79 Å². The molecule has 1 aliphatic rings. The summed E-state index contributed by atoms with van der Waals surface area (Å²) in [6.45, 7) is 5.78. The van der Waals surface area contributed by atoms with Crippen LogP contribution in [-0.4, -0.2) is 30.4 Å². The first-order chi connectivity index (χ1) is 8.69. The predicted molar refractivity (Wildman–Crippen MR) is 72.0 cm³/mol. The maximum atomic E-state index is 11.5. The van der Waals surface area contributed by atoms with E-state index in [-0.39, 0.29) is 5.91 Å². The molecule has 1 saturated heterocycles. The van der Waals surface area contributed by atoms with Crippen LogP contribution in [0.1, 0.15) is 23.1 Å². The molecule has 0 radical (unpaired) electrons. The van der Waals surface area contributed by atoms with Crippen molar-refractivity contribution < 1.29 is 4.79 Å². The molecular formula is C14H21N3O. The number of carbonyl (C=O) groups is 1. The van der Waals surface area contributed by atoms with E-state index in [1.54, 1.807) is 0 Å². The van der Waals surface area contributed by atoms with Crippen molar-refractivity contribution in [3.63, 3.8) is 0 Å². The van der Waals surface area contributed by atoms with Gasteiger partial charge in [0.25, 0.3) is 0 Å². The Labute approximate surface area is 108 Å². The zero-order valence-electron chi connectivity index (χ0n) is 10.9. The van der Waals surface area contributed by atoms with Gasteiger partial charge in [-0.25, -0.2) is 0 Å². The summed E-state index contributed by atoms with van der Waals surface area (Å²) in [5, 5.41) is 2.90. The van der Waals surface area contributed by atoms with E-state index >= 15 is 0 Å². The second-order valence-electron chi connectivity index (χ2n) is 4.88. The van der Waals surface area contributed by atoms with Crippen molar-refractivity contribution in [2.45, 2.75) is 26.4 Å². The van der Waals surface area contributed by atoms with Gasteiger partial charge in [0.15, 0.2) is 0 Å². The highest BCUT2D eigenvalue weighted by molar-refractivity contribution is 5.78. The number of aryl methyl sites for hydroxylation is 1. The van der Waals surface area contributed by atoms with Gasteiger partial charge in [-0.2, -0.15) is 0 Å². The Morgan fingerprint density at radius 1 is 1.44 bits per heavy atom. The van der Waals surface area contributed by atoms with Crippen LogP contribution in [0.15, 0.2) is 18.2 Å². The number of hydrogen-bond acceptors (Lipinski definition) is 3. The number of nitrogens with zero attached hydrogens (tertiary/aromatic N) is 1. The highest BCUT2D eigenvalue weighted by atomic mass is 16.2. The van der Waals surface area contributed by atoms with Crippen molar-refractivity contribution in [1.29, 1.82) is 0 Å². The van der Waals surface area contributed by atoms with Crippen LogP contribution in [0.2, 0.25) is 0 Å². The van der Waals surface area contributed by atoms with E-state index in [2.05, 4.69) is 35.3 Å². The number of nitrogens with one attached hydrogen (secondary N) is 1. The van der Waals surface area contributed by atoms with Crippen LogP contribution in [0.3, 0.4) is 0 Å².